The van der Waals surface area contributed by atoms with Crippen LogP contribution in [0.3, 0.4) is 0 Å². The number of hydrogen-bond acceptors (Lipinski definition) is 3. The van der Waals surface area contributed by atoms with Gasteiger partial charge in [0.05, 0.1) is 22.9 Å². The van der Waals surface area contributed by atoms with Gasteiger partial charge in [0, 0.05) is 12.6 Å². The quantitative estimate of drug-likeness (QED) is 0.857. The highest BCUT2D eigenvalue weighted by molar-refractivity contribution is 5.64. The Bertz CT molecular complexity index is 717. The molecule has 0 atom stereocenters. The molecule has 0 bridgehead atoms. The zero-order chi connectivity index (χ0) is 15.6. The first-order chi connectivity index (χ1) is 9.83. The third-order valence-corrected chi connectivity index (χ3v) is 2.73. The van der Waals surface area contributed by atoms with Gasteiger partial charge >= 0.3 is 6.18 Å². The van der Waals surface area contributed by atoms with E-state index in [1.54, 1.807) is 6.07 Å². The van der Waals surface area contributed by atoms with Crippen LogP contribution in [0.15, 0.2) is 30.3 Å². The van der Waals surface area contributed by atoms with Crippen molar-refractivity contribution in [2.75, 3.05) is 12.4 Å². The molecule has 0 unspecified atom stereocenters. The van der Waals surface area contributed by atoms with Crippen molar-refractivity contribution in [2.45, 2.75) is 6.18 Å². The number of hydrogen-bond donors (Lipinski definition) is 1. The lowest BCUT2D eigenvalue weighted by atomic mass is 10.1. The highest BCUT2D eigenvalue weighted by Gasteiger charge is 2.31. The minimum Gasteiger partial charge on any atom is -0.373 e. The monoisotopic (exact) mass is 295 g/mol. The van der Waals surface area contributed by atoms with Crippen LogP contribution in [0.2, 0.25) is 0 Å². The van der Waals surface area contributed by atoms with E-state index in [9.17, 15) is 17.6 Å². The van der Waals surface area contributed by atoms with Gasteiger partial charge in [0.1, 0.15) is 11.6 Å². The molecule has 0 aliphatic carbocycles. The highest BCUT2D eigenvalue weighted by Crippen LogP contribution is 2.33. The van der Waals surface area contributed by atoms with Crippen molar-refractivity contribution in [1.29, 1.82) is 5.26 Å². The number of benzene rings is 1. The molecule has 0 saturated heterocycles. The summed E-state index contributed by atoms with van der Waals surface area (Å²) in [5.41, 5.74) is -0.853. The molecule has 108 valence electrons. The van der Waals surface area contributed by atoms with Gasteiger partial charge in [-0.15, -0.1) is 0 Å². The largest absolute Gasteiger partial charge is 0.416 e. The molecule has 1 N–H and O–H groups in total. The fraction of sp³-hybridized carbons (Fsp3) is 0.143. The Kier molecular flexibility index (Phi) is 3.80. The van der Waals surface area contributed by atoms with Crippen LogP contribution in [-0.4, -0.2) is 12.0 Å². The first-order valence-corrected chi connectivity index (χ1v) is 5.81. The maximum atomic E-state index is 13.4. The molecular formula is C14H9F4N3. The summed E-state index contributed by atoms with van der Waals surface area (Å²) < 4.78 is 51.9. The molecule has 1 heterocycles. The van der Waals surface area contributed by atoms with Crippen molar-refractivity contribution >= 4 is 5.82 Å². The lowest BCUT2D eigenvalue weighted by Gasteiger charge is -2.11. The van der Waals surface area contributed by atoms with E-state index in [0.29, 0.717) is 0 Å². The van der Waals surface area contributed by atoms with Crippen LogP contribution in [0, 0.1) is 17.1 Å². The Balaban J connectivity index is 2.64. The van der Waals surface area contributed by atoms with Crippen LogP contribution < -0.4 is 5.32 Å². The maximum absolute atomic E-state index is 13.4. The molecular weight excluding hydrogens is 286 g/mol. The van der Waals surface area contributed by atoms with Crippen LogP contribution in [0.5, 0.6) is 0 Å². The first-order valence-electron chi connectivity index (χ1n) is 5.81. The Hall–Kier alpha value is -2.62. The second-order valence-corrected chi connectivity index (χ2v) is 4.21. The van der Waals surface area contributed by atoms with Crippen molar-refractivity contribution in [3.05, 3.63) is 47.3 Å². The number of nitrogens with zero attached hydrogens (tertiary/aromatic N) is 2. The van der Waals surface area contributed by atoms with Crippen molar-refractivity contribution in [2.24, 2.45) is 0 Å². The second-order valence-electron chi connectivity index (χ2n) is 4.21. The lowest BCUT2D eigenvalue weighted by molar-refractivity contribution is -0.137. The molecule has 3 nitrogen and oxygen atoms in total. The summed E-state index contributed by atoms with van der Waals surface area (Å²) in [6, 6.07) is 6.73. The van der Waals surface area contributed by atoms with E-state index in [2.05, 4.69) is 10.3 Å². The fourth-order valence-electron chi connectivity index (χ4n) is 1.77. The van der Waals surface area contributed by atoms with Crippen LogP contribution in [0.4, 0.5) is 23.4 Å². The average molecular weight is 295 g/mol. The van der Waals surface area contributed by atoms with Crippen LogP contribution in [0.1, 0.15) is 11.1 Å². The molecule has 7 heteroatoms. The molecule has 21 heavy (non-hydrogen) atoms. The van der Waals surface area contributed by atoms with E-state index in [4.69, 9.17) is 5.26 Å². The Morgan fingerprint density at radius 2 is 1.86 bits per heavy atom. The SMILES string of the molecule is CNc1cc(C(F)(F)F)cc(-c2cc(F)cc(C#N)c2)n1. The molecule has 2 rings (SSSR count). The van der Waals surface area contributed by atoms with Gasteiger partial charge in [-0.3, -0.25) is 0 Å². The van der Waals surface area contributed by atoms with E-state index in [1.807, 2.05) is 0 Å². The molecule has 0 aliphatic heterocycles. The molecule has 0 amide bonds. The zero-order valence-electron chi connectivity index (χ0n) is 10.8. The van der Waals surface area contributed by atoms with Gasteiger partial charge in [-0.1, -0.05) is 0 Å². The molecule has 0 saturated carbocycles. The van der Waals surface area contributed by atoms with E-state index >= 15 is 0 Å². The van der Waals surface area contributed by atoms with Crippen molar-refractivity contribution in [3.8, 4) is 17.3 Å². The number of aromatic nitrogens is 1. The van der Waals surface area contributed by atoms with Gasteiger partial charge in [0.25, 0.3) is 0 Å². The van der Waals surface area contributed by atoms with E-state index in [1.165, 1.54) is 13.1 Å². The number of nitriles is 1. The van der Waals surface area contributed by atoms with E-state index < -0.39 is 17.6 Å². The molecule has 0 radical (unpaired) electrons. The average Bonchev–Trinajstić information content (AvgIpc) is 2.45. The summed E-state index contributed by atoms with van der Waals surface area (Å²) in [4.78, 5) is 3.96. The second kappa shape index (κ2) is 5.40. The number of rotatable bonds is 2. The standard InChI is InChI=1S/C14H9F4N3/c1-20-13-6-10(14(16,17)18)5-12(21-13)9-2-8(7-19)3-11(15)4-9/h2-6H,1H3,(H,20,21). The summed E-state index contributed by atoms with van der Waals surface area (Å²) in [5, 5.41) is 11.3. The molecule has 0 fully saturated rings. The topological polar surface area (TPSA) is 48.7 Å². The van der Waals surface area contributed by atoms with E-state index in [0.717, 1.165) is 24.3 Å². The van der Waals surface area contributed by atoms with Crippen LogP contribution in [-0.2, 0) is 6.18 Å². The number of pyridine rings is 1. The minimum atomic E-state index is -4.55. The van der Waals surface area contributed by atoms with Gasteiger partial charge in [-0.2, -0.15) is 18.4 Å². The zero-order valence-corrected chi connectivity index (χ0v) is 10.8. The van der Waals surface area contributed by atoms with Gasteiger partial charge in [-0.25, -0.2) is 9.37 Å². The highest BCUT2D eigenvalue weighted by atomic mass is 19.4. The Morgan fingerprint density at radius 3 is 2.43 bits per heavy atom. The number of alkyl halides is 3. The van der Waals surface area contributed by atoms with Crippen LogP contribution in [0.25, 0.3) is 11.3 Å². The summed E-state index contributed by atoms with van der Waals surface area (Å²) in [6.07, 6.45) is -4.55. The van der Waals surface area contributed by atoms with Crippen molar-refractivity contribution in [1.82, 2.24) is 4.98 Å². The number of nitrogens with one attached hydrogen (secondary N) is 1. The maximum Gasteiger partial charge on any atom is 0.416 e. The lowest BCUT2D eigenvalue weighted by Crippen LogP contribution is -2.07. The number of halogens is 4. The van der Waals surface area contributed by atoms with Gasteiger partial charge in [-0.05, 0) is 30.3 Å². The molecule has 0 aliphatic rings. The summed E-state index contributed by atoms with van der Waals surface area (Å²) in [6.45, 7) is 0. The van der Waals surface area contributed by atoms with Gasteiger partial charge < -0.3 is 5.32 Å². The van der Waals surface area contributed by atoms with Gasteiger partial charge in [0.2, 0.25) is 0 Å². The van der Waals surface area contributed by atoms with Crippen molar-refractivity contribution in [3.63, 3.8) is 0 Å². The van der Waals surface area contributed by atoms with Gasteiger partial charge in [0.15, 0.2) is 0 Å². The first kappa shape index (κ1) is 14.8. The Morgan fingerprint density at radius 1 is 1.14 bits per heavy atom. The predicted molar refractivity (Wildman–Crippen MR) is 68.9 cm³/mol. The fourth-order valence-corrected chi connectivity index (χ4v) is 1.77. The Labute approximate surface area is 117 Å². The van der Waals surface area contributed by atoms with Crippen molar-refractivity contribution < 1.29 is 17.6 Å². The smallest absolute Gasteiger partial charge is 0.373 e. The third kappa shape index (κ3) is 3.28. The summed E-state index contributed by atoms with van der Waals surface area (Å²) >= 11 is 0. The van der Waals surface area contributed by atoms with E-state index in [-0.39, 0.29) is 22.6 Å². The number of anilines is 1. The summed E-state index contributed by atoms with van der Waals surface area (Å²) in [5.74, 6) is -0.711. The summed E-state index contributed by atoms with van der Waals surface area (Å²) in [7, 11) is 1.43. The minimum absolute atomic E-state index is 0.00240. The molecule has 1 aromatic heterocycles. The third-order valence-electron chi connectivity index (χ3n) is 2.73. The molecule has 0 spiro atoms. The predicted octanol–water partition coefficient (Wildman–Crippen LogP) is 3.82. The van der Waals surface area contributed by atoms with Crippen LogP contribution >= 0.6 is 0 Å². The molecule has 1 aromatic carbocycles. The molecule has 2 aromatic rings. The normalized spacial score (nSPS) is 11.0.